The summed E-state index contributed by atoms with van der Waals surface area (Å²) in [5.41, 5.74) is 4.52. The van der Waals surface area contributed by atoms with E-state index in [0.29, 0.717) is 33.7 Å². The first-order valence-electron chi connectivity index (χ1n) is 9.79. The van der Waals surface area contributed by atoms with Gasteiger partial charge in [-0.25, -0.2) is 5.43 Å². The van der Waals surface area contributed by atoms with Gasteiger partial charge >= 0.3 is 0 Å². The number of nitrogens with one attached hydrogen (secondary N) is 1. The van der Waals surface area contributed by atoms with Gasteiger partial charge in [0.1, 0.15) is 6.61 Å². The van der Waals surface area contributed by atoms with Crippen LogP contribution >= 0.6 is 38.5 Å². The van der Waals surface area contributed by atoms with Crippen molar-refractivity contribution < 1.29 is 19.2 Å². The number of rotatable bonds is 9. The molecule has 0 aliphatic carbocycles. The summed E-state index contributed by atoms with van der Waals surface area (Å²) < 4.78 is 13.2. The van der Waals surface area contributed by atoms with E-state index in [4.69, 9.17) is 9.47 Å². The molecule has 3 rings (SSSR count). The van der Waals surface area contributed by atoms with Crippen molar-refractivity contribution in [2.45, 2.75) is 13.5 Å². The number of halogens is 2. The summed E-state index contributed by atoms with van der Waals surface area (Å²) >= 11 is 5.64. The minimum atomic E-state index is -0.447. The van der Waals surface area contributed by atoms with E-state index in [1.807, 2.05) is 13.0 Å². The Balaban J connectivity index is 1.71. The van der Waals surface area contributed by atoms with Gasteiger partial charge < -0.3 is 9.47 Å². The quantitative estimate of drug-likeness (QED) is 0.142. The van der Waals surface area contributed by atoms with Crippen LogP contribution in [0.4, 0.5) is 5.69 Å². The van der Waals surface area contributed by atoms with Crippen molar-refractivity contribution in [1.29, 1.82) is 0 Å². The molecule has 0 fully saturated rings. The lowest BCUT2D eigenvalue weighted by atomic mass is 10.2. The van der Waals surface area contributed by atoms with E-state index in [1.54, 1.807) is 42.5 Å². The van der Waals surface area contributed by atoms with Gasteiger partial charge in [0, 0.05) is 21.3 Å². The number of non-ortho nitro benzene ring substituents is 1. The summed E-state index contributed by atoms with van der Waals surface area (Å²) in [6.45, 7) is 2.48. The zero-order valence-corrected chi connectivity index (χ0v) is 21.2. The van der Waals surface area contributed by atoms with Crippen molar-refractivity contribution in [2.75, 3.05) is 6.61 Å². The van der Waals surface area contributed by atoms with Gasteiger partial charge in [-0.05, 0) is 99.0 Å². The van der Waals surface area contributed by atoms with E-state index in [0.717, 1.165) is 9.13 Å². The van der Waals surface area contributed by atoms with Crippen molar-refractivity contribution in [2.24, 2.45) is 5.10 Å². The molecule has 8 nitrogen and oxygen atoms in total. The monoisotopic (exact) mass is 623 g/mol. The minimum absolute atomic E-state index is 0.0210. The predicted octanol–water partition coefficient (Wildman–Crippen LogP) is 5.70. The van der Waals surface area contributed by atoms with Crippen molar-refractivity contribution in [3.05, 3.63) is 95.5 Å². The standard InChI is InChI=1S/C23H19BrIN3O5/c1-2-32-21-11-16(13-26-27-23(29)17-4-3-5-18(25)12-17)10-20(24)22(21)33-14-15-6-8-19(9-7-15)28(30)31/h3-13H,2,14H2,1H3,(H,27,29)/b26-13-. The molecule has 0 spiro atoms. The SMILES string of the molecule is CCOc1cc(/C=N\NC(=O)c2cccc(I)c2)cc(Br)c1OCc1ccc([N+](=O)[O-])cc1. The first kappa shape index (κ1) is 24.6. The fourth-order valence-electron chi connectivity index (χ4n) is 2.79. The summed E-state index contributed by atoms with van der Waals surface area (Å²) in [6, 6.07) is 16.9. The first-order valence-corrected chi connectivity index (χ1v) is 11.7. The highest BCUT2D eigenvalue weighted by Gasteiger charge is 2.13. The van der Waals surface area contributed by atoms with Crippen molar-refractivity contribution >= 4 is 56.3 Å². The largest absolute Gasteiger partial charge is 0.490 e. The second-order valence-corrected chi connectivity index (χ2v) is 8.78. The van der Waals surface area contributed by atoms with E-state index >= 15 is 0 Å². The summed E-state index contributed by atoms with van der Waals surface area (Å²) in [6.07, 6.45) is 1.51. The van der Waals surface area contributed by atoms with Gasteiger partial charge in [0.05, 0.1) is 22.2 Å². The zero-order valence-electron chi connectivity index (χ0n) is 17.5. The van der Waals surface area contributed by atoms with Gasteiger partial charge in [0.15, 0.2) is 11.5 Å². The van der Waals surface area contributed by atoms with Crippen LogP contribution in [-0.2, 0) is 6.61 Å². The number of nitro benzene ring substituents is 1. The van der Waals surface area contributed by atoms with Gasteiger partial charge in [0.25, 0.3) is 11.6 Å². The highest BCUT2D eigenvalue weighted by Crippen LogP contribution is 2.37. The van der Waals surface area contributed by atoms with Crippen LogP contribution in [0.5, 0.6) is 11.5 Å². The summed E-state index contributed by atoms with van der Waals surface area (Å²) in [7, 11) is 0. The van der Waals surface area contributed by atoms with Crippen LogP contribution in [-0.4, -0.2) is 23.7 Å². The number of hydrazone groups is 1. The maximum atomic E-state index is 12.2. The molecule has 0 aromatic heterocycles. The number of nitrogens with zero attached hydrogens (tertiary/aromatic N) is 2. The number of benzene rings is 3. The molecule has 0 aliphatic rings. The van der Waals surface area contributed by atoms with Gasteiger partial charge in [-0.1, -0.05) is 6.07 Å². The molecular formula is C23H19BrIN3O5. The molecule has 0 heterocycles. The molecule has 0 unspecified atom stereocenters. The molecule has 3 aromatic rings. The number of amides is 1. The Hall–Kier alpha value is -2.99. The average molecular weight is 624 g/mol. The Bertz CT molecular complexity index is 1190. The molecule has 0 radical (unpaired) electrons. The molecule has 0 atom stereocenters. The van der Waals surface area contributed by atoms with E-state index < -0.39 is 4.92 Å². The lowest BCUT2D eigenvalue weighted by Gasteiger charge is -2.14. The summed E-state index contributed by atoms with van der Waals surface area (Å²) in [4.78, 5) is 22.6. The third-order valence-electron chi connectivity index (χ3n) is 4.33. The molecule has 10 heteroatoms. The molecule has 3 aromatic carbocycles. The fourth-order valence-corrected chi connectivity index (χ4v) is 3.91. The highest BCUT2D eigenvalue weighted by molar-refractivity contribution is 14.1. The third-order valence-corrected chi connectivity index (χ3v) is 5.59. The Morgan fingerprint density at radius 2 is 1.94 bits per heavy atom. The molecule has 0 saturated carbocycles. The predicted molar refractivity (Wildman–Crippen MR) is 137 cm³/mol. The van der Waals surface area contributed by atoms with E-state index in [9.17, 15) is 14.9 Å². The lowest BCUT2D eigenvalue weighted by molar-refractivity contribution is -0.384. The molecular weight excluding hydrogens is 605 g/mol. The number of carbonyl (C=O) groups excluding carboxylic acids is 1. The van der Waals surface area contributed by atoms with E-state index in [2.05, 4.69) is 49.0 Å². The second-order valence-electron chi connectivity index (χ2n) is 6.68. The summed E-state index contributed by atoms with van der Waals surface area (Å²) in [5.74, 6) is 0.686. The molecule has 0 bridgehead atoms. The van der Waals surface area contributed by atoms with Crippen LogP contribution in [0, 0.1) is 13.7 Å². The van der Waals surface area contributed by atoms with E-state index in [1.165, 1.54) is 18.3 Å². The van der Waals surface area contributed by atoms with Crippen LogP contribution in [0.15, 0.2) is 70.2 Å². The lowest BCUT2D eigenvalue weighted by Crippen LogP contribution is -2.17. The number of hydrogen-bond acceptors (Lipinski definition) is 6. The summed E-state index contributed by atoms with van der Waals surface area (Å²) in [5, 5.41) is 14.8. The Labute approximate surface area is 212 Å². The zero-order chi connectivity index (χ0) is 23.8. The van der Waals surface area contributed by atoms with Gasteiger partial charge in [-0.2, -0.15) is 5.10 Å². The topological polar surface area (TPSA) is 103 Å². The number of ether oxygens (including phenoxy) is 2. The molecule has 170 valence electrons. The van der Waals surface area contributed by atoms with Crippen LogP contribution in [0.25, 0.3) is 0 Å². The first-order chi connectivity index (χ1) is 15.9. The maximum absolute atomic E-state index is 12.2. The number of nitro groups is 1. The molecule has 0 aliphatic heterocycles. The Morgan fingerprint density at radius 1 is 1.18 bits per heavy atom. The third kappa shape index (κ3) is 6.99. The van der Waals surface area contributed by atoms with Crippen LogP contribution in [0.1, 0.15) is 28.4 Å². The second kappa shape index (κ2) is 11.8. The molecule has 33 heavy (non-hydrogen) atoms. The average Bonchev–Trinajstić information content (AvgIpc) is 2.79. The number of carbonyl (C=O) groups is 1. The van der Waals surface area contributed by atoms with Crippen molar-refractivity contribution in [3.8, 4) is 11.5 Å². The minimum Gasteiger partial charge on any atom is -0.490 e. The maximum Gasteiger partial charge on any atom is 0.271 e. The van der Waals surface area contributed by atoms with Crippen LogP contribution in [0.2, 0.25) is 0 Å². The Morgan fingerprint density at radius 3 is 2.61 bits per heavy atom. The van der Waals surface area contributed by atoms with Crippen LogP contribution < -0.4 is 14.9 Å². The van der Waals surface area contributed by atoms with E-state index in [-0.39, 0.29) is 18.2 Å². The van der Waals surface area contributed by atoms with Gasteiger partial charge in [-0.15, -0.1) is 0 Å². The smallest absolute Gasteiger partial charge is 0.271 e. The molecule has 0 saturated heterocycles. The van der Waals surface area contributed by atoms with Crippen molar-refractivity contribution in [1.82, 2.24) is 5.43 Å². The van der Waals surface area contributed by atoms with Crippen molar-refractivity contribution in [3.63, 3.8) is 0 Å². The normalized spacial score (nSPS) is 10.8. The van der Waals surface area contributed by atoms with Crippen LogP contribution in [0.3, 0.4) is 0 Å². The molecule has 1 amide bonds. The van der Waals surface area contributed by atoms with Gasteiger partial charge in [0.2, 0.25) is 0 Å². The fraction of sp³-hybridized carbons (Fsp3) is 0.130. The number of hydrogen-bond donors (Lipinski definition) is 1. The van der Waals surface area contributed by atoms with Gasteiger partial charge in [-0.3, -0.25) is 14.9 Å². The highest BCUT2D eigenvalue weighted by atomic mass is 127. The molecule has 1 N–H and O–H groups in total. The Kier molecular flexibility index (Phi) is 8.78.